The molecule has 0 atom stereocenters. The second kappa shape index (κ2) is 7.54. The van der Waals surface area contributed by atoms with Crippen molar-refractivity contribution in [1.82, 2.24) is 14.5 Å². The fourth-order valence-corrected chi connectivity index (χ4v) is 5.40. The zero-order valence-electron chi connectivity index (χ0n) is 15.6. The highest BCUT2D eigenvalue weighted by Crippen LogP contribution is 2.35. The summed E-state index contributed by atoms with van der Waals surface area (Å²) in [5.41, 5.74) is 7.24. The van der Waals surface area contributed by atoms with Gasteiger partial charge in [-0.2, -0.15) is 0 Å². The van der Waals surface area contributed by atoms with Crippen LogP contribution in [0.15, 0.2) is 53.8 Å². The minimum atomic E-state index is -3.89. The first-order valence-electron chi connectivity index (χ1n) is 8.69. The Morgan fingerprint density at radius 2 is 1.80 bits per heavy atom. The molecule has 2 heterocycles. The molecular formula is C20H15Cl2FN4O2S. The number of nitrogens with two attached hydrogens (primary N) is 1. The molecule has 4 aromatic rings. The Morgan fingerprint density at radius 1 is 1.10 bits per heavy atom. The van der Waals surface area contributed by atoms with Gasteiger partial charge in [-0.15, -0.1) is 0 Å². The van der Waals surface area contributed by atoms with Gasteiger partial charge in [-0.3, -0.25) is 0 Å². The van der Waals surface area contributed by atoms with Gasteiger partial charge in [0, 0.05) is 40.0 Å². The monoisotopic (exact) mass is 464 g/mol. The van der Waals surface area contributed by atoms with Crippen LogP contribution in [0.5, 0.6) is 0 Å². The molecule has 0 saturated carbocycles. The molecule has 6 nitrogen and oxygen atoms in total. The Hall–Kier alpha value is -2.68. The number of hydrogen-bond donors (Lipinski definition) is 1. The Bertz CT molecular complexity index is 1380. The first kappa shape index (κ1) is 20.6. The minimum absolute atomic E-state index is 0.0102. The summed E-state index contributed by atoms with van der Waals surface area (Å²) < 4.78 is 42.8. The number of sulfone groups is 1. The highest BCUT2D eigenvalue weighted by Gasteiger charge is 2.22. The van der Waals surface area contributed by atoms with Crippen LogP contribution in [0, 0.1) is 5.82 Å². The lowest BCUT2D eigenvalue weighted by molar-refractivity contribution is 0.588. The minimum Gasteiger partial charge on any atom is -0.383 e. The third-order valence-electron chi connectivity index (χ3n) is 4.69. The fraction of sp³-hybridized carbons (Fsp3) is 0.100. The number of halogens is 3. The second-order valence-corrected chi connectivity index (χ2v) is 9.62. The summed E-state index contributed by atoms with van der Waals surface area (Å²) in [5, 5.41) is 0.864. The molecule has 30 heavy (non-hydrogen) atoms. The average Bonchev–Trinajstić information content (AvgIpc) is 3.00. The highest BCUT2D eigenvalue weighted by atomic mass is 35.5. The van der Waals surface area contributed by atoms with Gasteiger partial charge >= 0.3 is 0 Å². The molecule has 0 unspecified atom stereocenters. The number of aryl methyl sites for hydroxylation is 1. The van der Waals surface area contributed by atoms with Crippen molar-refractivity contribution in [3.05, 3.63) is 70.3 Å². The van der Waals surface area contributed by atoms with Crippen molar-refractivity contribution in [3.8, 4) is 11.1 Å². The molecule has 4 rings (SSSR count). The summed E-state index contributed by atoms with van der Waals surface area (Å²) in [6, 6.07) is 8.57. The number of nitrogens with zero attached hydrogens (tertiary/aromatic N) is 3. The van der Waals surface area contributed by atoms with Gasteiger partial charge in [0.05, 0.1) is 16.0 Å². The topological polar surface area (TPSA) is 90.9 Å². The first-order chi connectivity index (χ1) is 14.2. The standard InChI is InChI=1S/C20H15Cl2FN4O2S/c1-27-8-16(17-19(24)25-10-26-20(17)27)15-4-2-3-11(18(15)23)9-30(28,29)14-6-12(21)5-13(22)7-14/h2-8,10H,9H2,1H3,(H2,24,25,26). The van der Waals surface area contributed by atoms with Crippen LogP contribution < -0.4 is 5.73 Å². The molecule has 10 heteroatoms. The van der Waals surface area contributed by atoms with E-state index in [9.17, 15) is 8.42 Å². The number of fused-ring (bicyclic) bond motifs is 1. The zero-order valence-corrected chi connectivity index (χ0v) is 17.9. The van der Waals surface area contributed by atoms with Gasteiger partial charge in [0.15, 0.2) is 9.84 Å². The van der Waals surface area contributed by atoms with E-state index < -0.39 is 21.4 Å². The van der Waals surface area contributed by atoms with Crippen molar-refractivity contribution >= 4 is 49.9 Å². The van der Waals surface area contributed by atoms with Crippen LogP contribution in [0.2, 0.25) is 10.0 Å². The van der Waals surface area contributed by atoms with Gasteiger partial charge in [0.1, 0.15) is 23.6 Å². The maximum atomic E-state index is 15.4. The summed E-state index contributed by atoms with van der Waals surface area (Å²) >= 11 is 11.8. The number of nitrogen functional groups attached to an aromatic ring is 1. The van der Waals surface area contributed by atoms with E-state index in [0.29, 0.717) is 16.6 Å². The molecular weight excluding hydrogens is 450 g/mol. The second-order valence-electron chi connectivity index (χ2n) is 6.75. The van der Waals surface area contributed by atoms with E-state index in [1.165, 1.54) is 30.6 Å². The van der Waals surface area contributed by atoms with Gasteiger partial charge in [0.25, 0.3) is 0 Å². The summed E-state index contributed by atoms with van der Waals surface area (Å²) in [6.45, 7) is 0. The average molecular weight is 465 g/mol. The van der Waals surface area contributed by atoms with E-state index in [0.717, 1.165) is 0 Å². The van der Waals surface area contributed by atoms with Crippen molar-refractivity contribution < 1.29 is 12.8 Å². The Kier molecular flexibility index (Phi) is 5.17. The van der Waals surface area contributed by atoms with Crippen LogP contribution >= 0.6 is 23.2 Å². The summed E-state index contributed by atoms with van der Waals surface area (Å²) in [6.07, 6.45) is 3.01. The number of benzene rings is 2. The molecule has 0 fully saturated rings. The number of rotatable bonds is 4. The third-order valence-corrected chi connectivity index (χ3v) is 6.77. The Labute approximate surface area is 182 Å². The quantitative estimate of drug-likeness (QED) is 0.474. The van der Waals surface area contributed by atoms with Crippen molar-refractivity contribution in [2.75, 3.05) is 5.73 Å². The van der Waals surface area contributed by atoms with Crippen molar-refractivity contribution in [2.45, 2.75) is 10.6 Å². The van der Waals surface area contributed by atoms with E-state index in [1.54, 1.807) is 29.9 Å². The lowest BCUT2D eigenvalue weighted by atomic mass is 10.0. The van der Waals surface area contributed by atoms with Crippen molar-refractivity contribution in [1.29, 1.82) is 0 Å². The molecule has 0 spiro atoms. The summed E-state index contributed by atoms with van der Waals surface area (Å²) in [5.74, 6) is -1.01. The molecule has 2 aromatic carbocycles. The lowest BCUT2D eigenvalue weighted by Crippen LogP contribution is -2.07. The van der Waals surface area contributed by atoms with Gasteiger partial charge in [0.2, 0.25) is 0 Å². The van der Waals surface area contributed by atoms with E-state index in [2.05, 4.69) is 9.97 Å². The molecule has 0 aliphatic carbocycles. The highest BCUT2D eigenvalue weighted by molar-refractivity contribution is 7.90. The van der Waals surface area contributed by atoms with Crippen molar-refractivity contribution in [2.24, 2.45) is 7.05 Å². The molecule has 0 bridgehead atoms. The van der Waals surface area contributed by atoms with Gasteiger partial charge in [-0.1, -0.05) is 41.4 Å². The largest absolute Gasteiger partial charge is 0.383 e. The molecule has 2 aromatic heterocycles. The first-order valence-corrected chi connectivity index (χ1v) is 11.1. The van der Waals surface area contributed by atoms with Crippen LogP contribution in [0.1, 0.15) is 5.56 Å². The van der Waals surface area contributed by atoms with E-state index in [1.807, 2.05) is 0 Å². The Balaban J connectivity index is 1.82. The molecule has 0 aliphatic heterocycles. The van der Waals surface area contributed by atoms with Gasteiger partial charge in [-0.05, 0) is 18.2 Å². The van der Waals surface area contributed by atoms with Gasteiger partial charge in [-0.25, -0.2) is 22.8 Å². The van der Waals surface area contributed by atoms with E-state index in [-0.39, 0.29) is 31.9 Å². The molecule has 0 amide bonds. The van der Waals surface area contributed by atoms with Crippen LogP contribution in [-0.2, 0) is 22.6 Å². The smallest absolute Gasteiger partial charge is 0.182 e. The van der Waals surface area contributed by atoms with Crippen LogP contribution in [-0.4, -0.2) is 23.0 Å². The molecule has 0 saturated heterocycles. The van der Waals surface area contributed by atoms with Crippen molar-refractivity contribution in [3.63, 3.8) is 0 Å². The fourth-order valence-electron chi connectivity index (χ4n) is 3.33. The zero-order chi connectivity index (χ0) is 21.6. The van der Waals surface area contributed by atoms with Crippen LogP contribution in [0.3, 0.4) is 0 Å². The summed E-state index contributed by atoms with van der Waals surface area (Å²) in [4.78, 5) is 8.09. The van der Waals surface area contributed by atoms with Gasteiger partial charge < -0.3 is 10.3 Å². The maximum Gasteiger partial charge on any atom is 0.182 e. The number of hydrogen-bond acceptors (Lipinski definition) is 5. The predicted molar refractivity (Wildman–Crippen MR) is 116 cm³/mol. The molecule has 0 radical (unpaired) electrons. The van der Waals surface area contributed by atoms with Crippen LogP contribution in [0.4, 0.5) is 10.2 Å². The molecule has 154 valence electrons. The van der Waals surface area contributed by atoms with E-state index in [4.69, 9.17) is 28.9 Å². The maximum absolute atomic E-state index is 15.4. The third kappa shape index (κ3) is 3.62. The lowest BCUT2D eigenvalue weighted by Gasteiger charge is -2.10. The van der Waals surface area contributed by atoms with Crippen LogP contribution in [0.25, 0.3) is 22.2 Å². The number of anilines is 1. The normalized spacial score (nSPS) is 11.9. The Morgan fingerprint density at radius 3 is 2.50 bits per heavy atom. The molecule has 2 N–H and O–H groups in total. The van der Waals surface area contributed by atoms with E-state index >= 15 is 4.39 Å². The predicted octanol–water partition coefficient (Wildman–Crippen LogP) is 4.64. The number of aromatic nitrogens is 3. The SMILES string of the molecule is Cn1cc(-c2cccc(CS(=O)(=O)c3cc(Cl)cc(Cl)c3)c2F)c2c(N)ncnc21. The summed E-state index contributed by atoms with van der Waals surface area (Å²) in [7, 11) is -2.13. The molecule has 0 aliphatic rings.